The highest BCUT2D eigenvalue weighted by atomic mass is 79.9. The number of halogens is 3. The summed E-state index contributed by atoms with van der Waals surface area (Å²) in [4.78, 5) is 57.6. The standard InChI is InChI=1S/C13H17FN2O3.C10H19NO4.C6H5BrFN/c1-8-5-10(15-6-9(8)14)11(17)7-16-12(18)19-13(2,3)4;1-10(2,3)15-9(13)7-6-8(12)11(4)14-5;1-4-2-6(7)9-3-5(4)8/h5-6H,7H2,1-4H3,(H,16,18);6-7H2,1-5H3;2-3H,1H3. The fourth-order valence-electron chi connectivity index (χ4n) is 2.61. The van der Waals surface area contributed by atoms with Crippen LogP contribution in [0.15, 0.2) is 29.1 Å². The average Bonchev–Trinajstić information content (AvgIpc) is 2.88. The monoisotopic (exact) mass is 674 g/mol. The number of nitrogens with one attached hydrogen (secondary N) is 1. The van der Waals surface area contributed by atoms with Crippen LogP contribution < -0.4 is 5.32 Å². The summed E-state index contributed by atoms with van der Waals surface area (Å²) in [5.74, 6) is -1.77. The van der Waals surface area contributed by atoms with Crippen molar-refractivity contribution in [3.63, 3.8) is 0 Å². The molecule has 2 aromatic heterocycles. The Morgan fingerprint density at radius 1 is 0.884 bits per heavy atom. The minimum Gasteiger partial charge on any atom is -0.460 e. The first-order chi connectivity index (χ1) is 19.6. The summed E-state index contributed by atoms with van der Waals surface area (Å²) in [7, 11) is 2.89. The maximum absolute atomic E-state index is 13.0. The van der Waals surface area contributed by atoms with Crippen LogP contribution >= 0.6 is 15.9 Å². The number of carbonyl (C=O) groups excluding carboxylic acids is 4. The molecule has 0 bridgehead atoms. The number of rotatable bonds is 7. The topological polar surface area (TPSA) is 137 Å². The van der Waals surface area contributed by atoms with Crippen LogP contribution in [0.25, 0.3) is 0 Å². The fourth-order valence-corrected chi connectivity index (χ4v) is 3.06. The zero-order chi connectivity index (χ0) is 33.5. The van der Waals surface area contributed by atoms with Gasteiger partial charge in [-0.05, 0) is 94.6 Å². The van der Waals surface area contributed by atoms with E-state index in [1.165, 1.54) is 33.3 Å². The van der Waals surface area contributed by atoms with E-state index in [1.54, 1.807) is 54.5 Å². The van der Waals surface area contributed by atoms with Crippen LogP contribution in [0.5, 0.6) is 0 Å². The Balaban J connectivity index is 0.000000654. The molecule has 0 aliphatic carbocycles. The summed E-state index contributed by atoms with van der Waals surface area (Å²) >= 11 is 3.12. The number of ether oxygens (including phenoxy) is 2. The van der Waals surface area contributed by atoms with Crippen LogP contribution in [0.3, 0.4) is 0 Å². The number of hydrogen-bond acceptors (Lipinski definition) is 9. The van der Waals surface area contributed by atoms with Crippen LogP contribution in [0, 0.1) is 25.5 Å². The predicted octanol–water partition coefficient (Wildman–Crippen LogP) is 5.66. The summed E-state index contributed by atoms with van der Waals surface area (Å²) in [6, 6.07) is 2.98. The van der Waals surface area contributed by atoms with Crippen LogP contribution in [0.2, 0.25) is 0 Å². The number of hydrogen-bond donors (Lipinski definition) is 1. The number of aromatic nitrogens is 2. The van der Waals surface area contributed by atoms with E-state index in [-0.39, 0.29) is 42.8 Å². The molecular weight excluding hydrogens is 634 g/mol. The number of ketones is 1. The lowest BCUT2D eigenvalue weighted by atomic mass is 10.2. The molecule has 0 saturated heterocycles. The fraction of sp³-hybridized carbons (Fsp3) is 0.517. The van der Waals surface area contributed by atoms with Gasteiger partial charge in [-0.15, -0.1) is 0 Å². The number of amides is 2. The maximum Gasteiger partial charge on any atom is 0.408 e. The number of Topliss-reactive ketones (excluding diaryl/α,β-unsaturated/α-hetero) is 1. The van der Waals surface area contributed by atoms with Crippen LogP contribution in [-0.2, 0) is 23.9 Å². The first-order valence-corrected chi connectivity index (χ1v) is 13.9. The van der Waals surface area contributed by atoms with Gasteiger partial charge < -0.3 is 14.8 Å². The third kappa shape index (κ3) is 18.6. The Bertz CT molecular complexity index is 1250. The lowest BCUT2D eigenvalue weighted by Crippen LogP contribution is -2.35. The van der Waals surface area contributed by atoms with E-state index in [0.717, 1.165) is 11.3 Å². The summed E-state index contributed by atoms with van der Waals surface area (Å²) in [6.45, 7) is 13.5. The van der Waals surface area contributed by atoms with E-state index < -0.39 is 28.9 Å². The summed E-state index contributed by atoms with van der Waals surface area (Å²) in [5, 5.41) is 3.41. The van der Waals surface area contributed by atoms with E-state index in [2.05, 4.69) is 36.1 Å². The molecule has 2 aromatic rings. The Morgan fingerprint density at radius 2 is 1.40 bits per heavy atom. The minimum absolute atomic E-state index is 0.0732. The Kier molecular flexibility index (Phi) is 16.7. The van der Waals surface area contributed by atoms with Gasteiger partial charge in [0.2, 0.25) is 5.91 Å². The van der Waals surface area contributed by atoms with Gasteiger partial charge in [-0.3, -0.25) is 19.2 Å². The molecule has 0 saturated carbocycles. The van der Waals surface area contributed by atoms with Gasteiger partial charge in [-0.1, -0.05) is 0 Å². The Labute approximate surface area is 259 Å². The number of alkyl carbamates (subject to hydrolysis) is 1. The Morgan fingerprint density at radius 3 is 1.84 bits per heavy atom. The van der Waals surface area contributed by atoms with Crippen molar-refractivity contribution in [3.8, 4) is 0 Å². The first kappa shape index (κ1) is 39.5. The van der Waals surface area contributed by atoms with Gasteiger partial charge in [-0.25, -0.2) is 28.6 Å². The molecule has 0 atom stereocenters. The van der Waals surface area contributed by atoms with Crippen molar-refractivity contribution in [2.45, 2.75) is 79.4 Å². The highest BCUT2D eigenvalue weighted by Crippen LogP contribution is 2.11. The molecule has 0 aromatic carbocycles. The van der Waals surface area contributed by atoms with Crippen molar-refractivity contribution in [2.75, 3.05) is 20.7 Å². The lowest BCUT2D eigenvalue weighted by molar-refractivity contribution is -0.171. The predicted molar refractivity (Wildman–Crippen MR) is 159 cm³/mol. The second-order valence-electron chi connectivity index (χ2n) is 11.0. The van der Waals surface area contributed by atoms with E-state index in [1.807, 2.05) is 0 Å². The van der Waals surface area contributed by atoms with Gasteiger partial charge in [0.25, 0.3) is 0 Å². The van der Waals surface area contributed by atoms with Crippen LogP contribution in [0.1, 0.15) is 76.0 Å². The average molecular weight is 676 g/mol. The number of pyridine rings is 2. The third-order valence-corrected chi connectivity index (χ3v) is 5.16. The molecule has 0 aliphatic rings. The quantitative estimate of drug-likeness (QED) is 0.171. The number of aryl methyl sites for hydroxylation is 2. The molecular formula is C29H41BrF2N4O7. The number of hydroxylamine groups is 2. The van der Waals surface area contributed by atoms with Gasteiger partial charge in [-0.2, -0.15) is 0 Å². The van der Waals surface area contributed by atoms with Gasteiger partial charge in [0.05, 0.1) is 32.5 Å². The summed E-state index contributed by atoms with van der Waals surface area (Å²) < 4.78 is 36.1. The molecule has 2 amide bonds. The van der Waals surface area contributed by atoms with Crippen molar-refractivity contribution >= 4 is 39.7 Å². The molecule has 2 rings (SSSR count). The van der Waals surface area contributed by atoms with Crippen molar-refractivity contribution < 1.29 is 42.3 Å². The van der Waals surface area contributed by atoms with Crippen molar-refractivity contribution in [1.29, 1.82) is 0 Å². The zero-order valence-corrected chi connectivity index (χ0v) is 27.8. The molecule has 43 heavy (non-hydrogen) atoms. The van der Waals surface area contributed by atoms with Gasteiger partial charge in [0, 0.05) is 13.5 Å². The van der Waals surface area contributed by atoms with Crippen molar-refractivity contribution in [3.05, 3.63) is 57.6 Å². The summed E-state index contributed by atoms with van der Waals surface area (Å²) in [6.07, 6.45) is 1.66. The molecule has 0 unspecified atom stereocenters. The van der Waals surface area contributed by atoms with E-state index in [0.29, 0.717) is 15.7 Å². The molecule has 0 radical (unpaired) electrons. The molecule has 0 aliphatic heterocycles. The highest BCUT2D eigenvalue weighted by molar-refractivity contribution is 9.10. The number of carbonyl (C=O) groups is 4. The second kappa shape index (κ2) is 18.2. The molecule has 1 N–H and O–H groups in total. The molecule has 2 heterocycles. The molecule has 0 spiro atoms. The maximum atomic E-state index is 13.0. The molecule has 240 valence electrons. The normalized spacial score (nSPS) is 10.7. The van der Waals surface area contributed by atoms with Gasteiger partial charge in [0.15, 0.2) is 5.78 Å². The SMILES string of the molecule is CON(C)C(=O)CCC(=O)OC(C)(C)C.Cc1cc(Br)ncc1F.Cc1cc(C(=O)CNC(=O)OC(C)(C)C)ncc1F. The smallest absolute Gasteiger partial charge is 0.408 e. The van der Waals surface area contributed by atoms with Gasteiger partial charge in [0.1, 0.15) is 33.1 Å². The largest absolute Gasteiger partial charge is 0.460 e. The van der Waals surface area contributed by atoms with Crippen molar-refractivity contribution in [1.82, 2.24) is 20.3 Å². The van der Waals surface area contributed by atoms with Crippen LogP contribution in [0.4, 0.5) is 13.6 Å². The molecule has 0 fully saturated rings. The Hall–Kier alpha value is -3.52. The molecule has 11 nitrogen and oxygen atoms in total. The second-order valence-corrected chi connectivity index (χ2v) is 11.8. The van der Waals surface area contributed by atoms with E-state index in [9.17, 15) is 28.0 Å². The zero-order valence-electron chi connectivity index (χ0n) is 26.3. The van der Waals surface area contributed by atoms with E-state index >= 15 is 0 Å². The van der Waals surface area contributed by atoms with Crippen molar-refractivity contribution in [2.24, 2.45) is 0 Å². The number of esters is 1. The van der Waals surface area contributed by atoms with E-state index in [4.69, 9.17) is 9.47 Å². The lowest BCUT2D eigenvalue weighted by Gasteiger charge is -2.19. The molecule has 14 heteroatoms. The minimum atomic E-state index is -0.681. The first-order valence-electron chi connectivity index (χ1n) is 13.1. The highest BCUT2D eigenvalue weighted by Gasteiger charge is 2.19. The summed E-state index contributed by atoms with van der Waals surface area (Å²) in [5.41, 5.74) is -0.0899. The number of nitrogens with zero attached hydrogens (tertiary/aromatic N) is 3. The van der Waals surface area contributed by atoms with Crippen LogP contribution in [-0.4, -0.2) is 70.7 Å². The third-order valence-electron chi connectivity index (χ3n) is 4.73. The van der Waals surface area contributed by atoms with Gasteiger partial charge >= 0.3 is 12.1 Å².